The van der Waals surface area contributed by atoms with Crippen molar-refractivity contribution in [2.75, 3.05) is 52.5 Å². The number of nitriles is 1. The Labute approximate surface area is 139 Å². The Morgan fingerprint density at radius 3 is 2.61 bits per heavy atom. The summed E-state index contributed by atoms with van der Waals surface area (Å²) in [5, 5.41) is 28.1. The average molecular weight is 325 g/mol. The Balaban J connectivity index is 1.69. The predicted molar refractivity (Wildman–Crippen MR) is 87.6 cm³/mol. The zero-order chi connectivity index (χ0) is 16.5. The van der Waals surface area contributed by atoms with Gasteiger partial charge in [0, 0.05) is 38.5 Å². The van der Waals surface area contributed by atoms with Gasteiger partial charge in [0.15, 0.2) is 6.29 Å². The zero-order valence-electron chi connectivity index (χ0n) is 14.1. The number of aliphatic hydroxyl groups is 2. The highest BCUT2D eigenvalue weighted by Gasteiger charge is 2.28. The van der Waals surface area contributed by atoms with E-state index in [0.717, 1.165) is 58.4 Å². The maximum Gasteiger partial charge on any atom is 0.158 e. The quantitative estimate of drug-likeness (QED) is 0.638. The van der Waals surface area contributed by atoms with Crippen molar-refractivity contribution in [2.45, 2.75) is 38.4 Å². The average Bonchev–Trinajstić information content (AvgIpc) is 2.59. The maximum absolute atomic E-state index is 10.3. The molecule has 6 heteroatoms. The fraction of sp³-hybridized carbons (Fsp3) is 0.941. The van der Waals surface area contributed by atoms with Crippen LogP contribution in [0.1, 0.15) is 32.1 Å². The van der Waals surface area contributed by atoms with Gasteiger partial charge < -0.3 is 24.7 Å². The smallest absolute Gasteiger partial charge is 0.158 e. The van der Waals surface area contributed by atoms with Gasteiger partial charge in [-0.25, -0.2) is 0 Å². The highest BCUT2D eigenvalue weighted by atomic mass is 16.6. The first kappa shape index (κ1) is 18.6. The van der Waals surface area contributed by atoms with Crippen LogP contribution >= 0.6 is 0 Å². The first-order valence-electron chi connectivity index (χ1n) is 8.95. The SMILES string of the molecule is N#CCCN1CCCC(COC(O)C2CCCN(CCO)C2)C1. The van der Waals surface area contributed by atoms with Crippen molar-refractivity contribution in [2.24, 2.45) is 11.8 Å². The van der Waals surface area contributed by atoms with Crippen LogP contribution in [0.2, 0.25) is 0 Å². The molecule has 2 N–H and O–H groups in total. The predicted octanol–water partition coefficient (Wildman–Crippen LogP) is 0.651. The second-order valence-corrected chi connectivity index (χ2v) is 6.87. The summed E-state index contributed by atoms with van der Waals surface area (Å²) in [6.45, 7) is 6.13. The molecule has 0 aromatic rings. The molecule has 0 aromatic heterocycles. The molecule has 2 saturated heterocycles. The van der Waals surface area contributed by atoms with E-state index in [1.54, 1.807) is 0 Å². The van der Waals surface area contributed by atoms with Gasteiger partial charge in [0.1, 0.15) is 0 Å². The molecule has 2 fully saturated rings. The third-order valence-corrected chi connectivity index (χ3v) is 5.01. The number of likely N-dealkylation sites (tertiary alicyclic amines) is 2. The lowest BCUT2D eigenvalue weighted by atomic mass is 9.96. The van der Waals surface area contributed by atoms with Gasteiger partial charge in [0.2, 0.25) is 0 Å². The Hall–Kier alpha value is -0.710. The molecule has 23 heavy (non-hydrogen) atoms. The lowest BCUT2D eigenvalue weighted by molar-refractivity contribution is -0.156. The molecule has 2 aliphatic heterocycles. The largest absolute Gasteiger partial charge is 0.395 e. The molecule has 0 aliphatic carbocycles. The molecule has 2 rings (SSSR count). The summed E-state index contributed by atoms with van der Waals surface area (Å²) in [6, 6.07) is 2.20. The number of rotatable bonds is 8. The minimum Gasteiger partial charge on any atom is -0.395 e. The number of β-amino-alcohol motifs (C(OH)–C–C–N with tert-alkyl or cyclic N) is 1. The lowest BCUT2D eigenvalue weighted by Gasteiger charge is -2.36. The van der Waals surface area contributed by atoms with E-state index in [9.17, 15) is 5.11 Å². The first-order valence-corrected chi connectivity index (χ1v) is 8.95. The molecule has 0 amide bonds. The van der Waals surface area contributed by atoms with Crippen molar-refractivity contribution in [3.63, 3.8) is 0 Å². The molecule has 0 saturated carbocycles. The Morgan fingerprint density at radius 2 is 1.87 bits per heavy atom. The van der Waals surface area contributed by atoms with Crippen LogP contribution in [0, 0.1) is 23.2 Å². The van der Waals surface area contributed by atoms with Crippen molar-refractivity contribution in [1.29, 1.82) is 5.26 Å². The second-order valence-electron chi connectivity index (χ2n) is 6.87. The monoisotopic (exact) mass is 325 g/mol. The maximum atomic E-state index is 10.3. The summed E-state index contributed by atoms with van der Waals surface area (Å²) < 4.78 is 5.77. The molecular formula is C17H31N3O3. The van der Waals surface area contributed by atoms with Crippen molar-refractivity contribution < 1.29 is 14.9 Å². The van der Waals surface area contributed by atoms with Crippen LogP contribution in [0.3, 0.4) is 0 Å². The summed E-state index contributed by atoms with van der Waals surface area (Å²) >= 11 is 0. The van der Waals surface area contributed by atoms with Crippen molar-refractivity contribution in [1.82, 2.24) is 9.80 Å². The lowest BCUT2D eigenvalue weighted by Crippen LogP contribution is -2.43. The summed E-state index contributed by atoms with van der Waals surface area (Å²) in [6.07, 6.45) is 4.20. The van der Waals surface area contributed by atoms with E-state index in [0.29, 0.717) is 25.5 Å². The van der Waals surface area contributed by atoms with Gasteiger partial charge in [0.05, 0.1) is 19.3 Å². The third kappa shape index (κ3) is 6.36. The van der Waals surface area contributed by atoms with Gasteiger partial charge in [-0.15, -0.1) is 0 Å². The summed E-state index contributed by atoms with van der Waals surface area (Å²) in [4.78, 5) is 4.53. The van der Waals surface area contributed by atoms with E-state index in [-0.39, 0.29) is 12.5 Å². The van der Waals surface area contributed by atoms with Crippen molar-refractivity contribution >= 4 is 0 Å². The Morgan fingerprint density at radius 1 is 1.13 bits per heavy atom. The van der Waals surface area contributed by atoms with Gasteiger partial charge in [-0.2, -0.15) is 5.26 Å². The molecule has 2 heterocycles. The van der Waals surface area contributed by atoms with Crippen LogP contribution < -0.4 is 0 Å². The Bertz CT molecular complexity index is 373. The summed E-state index contributed by atoms with van der Waals surface area (Å²) in [5.74, 6) is 0.600. The topological polar surface area (TPSA) is 80.0 Å². The van der Waals surface area contributed by atoms with Crippen LogP contribution in [0.15, 0.2) is 0 Å². The fourth-order valence-corrected chi connectivity index (χ4v) is 3.74. The van der Waals surface area contributed by atoms with Gasteiger partial charge in [-0.3, -0.25) is 0 Å². The highest BCUT2D eigenvalue weighted by molar-refractivity contribution is 4.78. The molecule has 132 valence electrons. The van der Waals surface area contributed by atoms with Crippen molar-refractivity contribution in [3.8, 4) is 6.07 Å². The first-order chi connectivity index (χ1) is 11.2. The standard InChI is InChI=1S/C17H31N3O3/c18-6-3-9-19-7-1-4-15(12-19)14-23-17(22)16-5-2-8-20(13-16)10-11-21/h15-17,21-22H,1-5,7-14H2. The van der Waals surface area contributed by atoms with Crippen molar-refractivity contribution in [3.05, 3.63) is 0 Å². The number of aliphatic hydroxyl groups excluding tert-OH is 2. The minimum atomic E-state index is -0.703. The zero-order valence-corrected chi connectivity index (χ0v) is 14.1. The minimum absolute atomic E-state index is 0.147. The normalized spacial score (nSPS) is 28.4. The molecule has 3 atom stereocenters. The van der Waals surface area contributed by atoms with E-state index in [1.165, 1.54) is 0 Å². The number of hydrogen-bond acceptors (Lipinski definition) is 6. The van der Waals surface area contributed by atoms with Crippen LogP contribution in [0.5, 0.6) is 0 Å². The van der Waals surface area contributed by atoms with Gasteiger partial charge in [-0.1, -0.05) is 0 Å². The van der Waals surface area contributed by atoms with Gasteiger partial charge >= 0.3 is 0 Å². The number of nitrogens with zero attached hydrogens (tertiary/aromatic N) is 3. The van der Waals surface area contributed by atoms with E-state index in [2.05, 4.69) is 15.9 Å². The van der Waals surface area contributed by atoms with E-state index in [4.69, 9.17) is 15.1 Å². The van der Waals surface area contributed by atoms with E-state index in [1.807, 2.05) is 0 Å². The molecule has 0 aromatic carbocycles. The number of ether oxygens (including phenoxy) is 1. The molecule has 0 bridgehead atoms. The van der Waals surface area contributed by atoms with Crippen LogP contribution in [0.25, 0.3) is 0 Å². The van der Waals surface area contributed by atoms with Gasteiger partial charge in [-0.05, 0) is 44.7 Å². The Kier molecular flexibility index (Phi) is 8.27. The number of hydrogen-bond donors (Lipinski definition) is 2. The van der Waals surface area contributed by atoms with E-state index < -0.39 is 6.29 Å². The molecule has 3 unspecified atom stereocenters. The van der Waals surface area contributed by atoms with Gasteiger partial charge in [0.25, 0.3) is 0 Å². The molecular weight excluding hydrogens is 294 g/mol. The molecule has 0 spiro atoms. The fourth-order valence-electron chi connectivity index (χ4n) is 3.74. The molecule has 0 radical (unpaired) electrons. The summed E-state index contributed by atoms with van der Waals surface area (Å²) in [5.41, 5.74) is 0. The summed E-state index contributed by atoms with van der Waals surface area (Å²) in [7, 11) is 0. The molecule has 6 nitrogen and oxygen atoms in total. The van der Waals surface area contributed by atoms with Crippen LogP contribution in [0.4, 0.5) is 0 Å². The molecule has 2 aliphatic rings. The van der Waals surface area contributed by atoms with Crippen LogP contribution in [-0.2, 0) is 4.74 Å². The second kappa shape index (κ2) is 10.2. The number of piperidine rings is 2. The van der Waals surface area contributed by atoms with Crippen LogP contribution in [-0.4, -0.2) is 78.8 Å². The third-order valence-electron chi connectivity index (χ3n) is 5.01. The van der Waals surface area contributed by atoms with E-state index >= 15 is 0 Å². The highest BCUT2D eigenvalue weighted by Crippen LogP contribution is 2.22.